The molecule has 0 radical (unpaired) electrons. The second-order valence-corrected chi connectivity index (χ2v) is 4.06. The van der Waals surface area contributed by atoms with Gasteiger partial charge in [-0.3, -0.25) is 0 Å². The lowest BCUT2D eigenvalue weighted by Gasteiger charge is -2.17. The Morgan fingerprint density at radius 1 is 1.25 bits per heavy atom. The van der Waals surface area contributed by atoms with Gasteiger partial charge in [-0.25, -0.2) is 0 Å². The topological polar surface area (TPSA) is 27.7 Å². The van der Waals surface area contributed by atoms with Gasteiger partial charge in [-0.05, 0) is 11.6 Å². The van der Waals surface area contributed by atoms with Gasteiger partial charge in [-0.2, -0.15) is 0 Å². The molecule has 1 fully saturated rings. The predicted octanol–water partition coefficient (Wildman–Crippen LogP) is 1.88. The fourth-order valence-corrected chi connectivity index (χ4v) is 2.07. The average molecular weight is 218 g/mol. The smallest absolute Gasteiger partial charge is 0.156 e. The van der Waals surface area contributed by atoms with Crippen molar-refractivity contribution in [3.8, 4) is 0 Å². The average Bonchev–Trinajstić information content (AvgIpc) is 2.90. The minimum atomic E-state index is 0.0419. The summed E-state index contributed by atoms with van der Waals surface area (Å²) >= 11 is 0. The molecule has 1 aromatic carbocycles. The first-order valence-electron chi connectivity index (χ1n) is 5.53. The molecule has 0 amide bonds. The van der Waals surface area contributed by atoms with Crippen LogP contribution in [-0.2, 0) is 20.8 Å². The van der Waals surface area contributed by atoms with Crippen LogP contribution in [0.3, 0.4) is 0 Å². The predicted molar refractivity (Wildman–Crippen MR) is 58.8 cm³/mol. The van der Waals surface area contributed by atoms with Gasteiger partial charge in [-0.1, -0.05) is 30.3 Å². The Balaban J connectivity index is 1.56. The van der Waals surface area contributed by atoms with Crippen LogP contribution in [0.4, 0.5) is 0 Å². The number of fused-ring (bicyclic) bond motifs is 1. The Hall–Kier alpha value is -1.32. The largest absolute Gasteiger partial charge is 0.492 e. The van der Waals surface area contributed by atoms with E-state index in [9.17, 15) is 0 Å². The van der Waals surface area contributed by atoms with Crippen LogP contribution in [-0.4, -0.2) is 24.9 Å². The van der Waals surface area contributed by atoms with Crippen LogP contribution in [0.15, 0.2) is 42.7 Å². The van der Waals surface area contributed by atoms with E-state index in [4.69, 9.17) is 14.2 Å². The van der Waals surface area contributed by atoms with Crippen molar-refractivity contribution in [2.75, 3.05) is 6.61 Å². The lowest BCUT2D eigenvalue weighted by atomic mass is 10.1. The highest BCUT2D eigenvalue weighted by molar-refractivity contribution is 5.13. The van der Waals surface area contributed by atoms with Gasteiger partial charge in [-0.15, -0.1) is 0 Å². The zero-order chi connectivity index (χ0) is 10.8. The summed E-state index contributed by atoms with van der Waals surface area (Å²) in [6.45, 7) is 1.23. The van der Waals surface area contributed by atoms with E-state index in [0.717, 1.165) is 0 Å². The van der Waals surface area contributed by atoms with Crippen LogP contribution >= 0.6 is 0 Å². The summed E-state index contributed by atoms with van der Waals surface area (Å²) < 4.78 is 16.8. The zero-order valence-electron chi connectivity index (χ0n) is 8.91. The molecule has 2 aliphatic rings. The molecule has 2 aliphatic heterocycles. The van der Waals surface area contributed by atoms with E-state index in [1.807, 2.05) is 24.3 Å². The van der Waals surface area contributed by atoms with Gasteiger partial charge in [0, 0.05) is 0 Å². The second kappa shape index (κ2) is 4.28. The van der Waals surface area contributed by atoms with Crippen molar-refractivity contribution in [3.63, 3.8) is 0 Å². The number of rotatable bonds is 3. The fraction of sp³-hybridized carbons (Fsp3) is 0.385. The molecular formula is C13H14O3. The third-order valence-corrected chi connectivity index (χ3v) is 2.95. The molecule has 3 nitrogen and oxygen atoms in total. The quantitative estimate of drug-likeness (QED) is 0.775. The monoisotopic (exact) mass is 218 g/mol. The standard InChI is InChI=1S/C13H14O3/c1-2-4-10(5-3-1)8-15-12-9-16-11-6-7-14-13(11)12/h1-7,11-13H,8-9H2/t11-,12-,13+/m1/s1. The van der Waals surface area contributed by atoms with E-state index in [1.54, 1.807) is 6.26 Å². The molecule has 3 rings (SSSR count). The molecule has 1 saturated heterocycles. The van der Waals surface area contributed by atoms with E-state index in [-0.39, 0.29) is 18.3 Å². The van der Waals surface area contributed by atoms with Crippen molar-refractivity contribution < 1.29 is 14.2 Å². The number of hydrogen-bond acceptors (Lipinski definition) is 3. The number of hydrogen-bond donors (Lipinski definition) is 0. The third kappa shape index (κ3) is 1.84. The molecule has 0 bridgehead atoms. The van der Waals surface area contributed by atoms with Gasteiger partial charge < -0.3 is 14.2 Å². The van der Waals surface area contributed by atoms with Crippen molar-refractivity contribution in [1.29, 1.82) is 0 Å². The molecule has 2 heterocycles. The molecule has 16 heavy (non-hydrogen) atoms. The maximum absolute atomic E-state index is 5.81. The van der Waals surface area contributed by atoms with Crippen LogP contribution in [0.2, 0.25) is 0 Å². The Labute approximate surface area is 94.6 Å². The second-order valence-electron chi connectivity index (χ2n) is 4.06. The van der Waals surface area contributed by atoms with Gasteiger partial charge in [0.15, 0.2) is 6.10 Å². The highest BCUT2D eigenvalue weighted by Gasteiger charge is 2.40. The molecule has 0 N–H and O–H groups in total. The highest BCUT2D eigenvalue weighted by Crippen LogP contribution is 2.26. The normalized spacial score (nSPS) is 31.4. The van der Waals surface area contributed by atoms with Gasteiger partial charge in [0.05, 0.1) is 19.5 Å². The summed E-state index contributed by atoms with van der Waals surface area (Å²) in [4.78, 5) is 0. The summed E-state index contributed by atoms with van der Waals surface area (Å²) in [5, 5.41) is 0. The Bertz CT molecular complexity index is 374. The Morgan fingerprint density at radius 3 is 3.00 bits per heavy atom. The van der Waals surface area contributed by atoms with Gasteiger partial charge >= 0.3 is 0 Å². The lowest BCUT2D eigenvalue weighted by molar-refractivity contribution is -0.0222. The lowest BCUT2D eigenvalue weighted by Crippen LogP contribution is -2.30. The first kappa shape index (κ1) is 9.87. The first-order valence-corrected chi connectivity index (χ1v) is 5.53. The summed E-state index contributed by atoms with van der Waals surface area (Å²) in [5.74, 6) is 0. The minimum absolute atomic E-state index is 0.0419. The van der Waals surface area contributed by atoms with E-state index in [2.05, 4.69) is 12.1 Å². The third-order valence-electron chi connectivity index (χ3n) is 2.95. The molecule has 0 saturated carbocycles. The summed E-state index contributed by atoms with van der Waals surface area (Å²) in [6.07, 6.45) is 3.81. The van der Waals surface area contributed by atoms with Crippen LogP contribution < -0.4 is 0 Å². The summed E-state index contributed by atoms with van der Waals surface area (Å²) in [5.41, 5.74) is 1.18. The van der Waals surface area contributed by atoms with E-state index in [1.165, 1.54) is 5.56 Å². The van der Waals surface area contributed by atoms with E-state index in [0.29, 0.717) is 13.2 Å². The molecule has 0 unspecified atom stereocenters. The minimum Gasteiger partial charge on any atom is -0.492 e. The number of benzene rings is 1. The van der Waals surface area contributed by atoms with Gasteiger partial charge in [0.2, 0.25) is 0 Å². The molecule has 0 aliphatic carbocycles. The Morgan fingerprint density at radius 2 is 2.12 bits per heavy atom. The van der Waals surface area contributed by atoms with Crippen molar-refractivity contribution in [1.82, 2.24) is 0 Å². The highest BCUT2D eigenvalue weighted by atomic mass is 16.6. The van der Waals surface area contributed by atoms with Crippen molar-refractivity contribution >= 4 is 0 Å². The van der Waals surface area contributed by atoms with E-state index >= 15 is 0 Å². The van der Waals surface area contributed by atoms with Crippen LogP contribution in [0.25, 0.3) is 0 Å². The zero-order valence-corrected chi connectivity index (χ0v) is 8.91. The molecule has 1 aromatic rings. The number of ether oxygens (including phenoxy) is 3. The molecular weight excluding hydrogens is 204 g/mol. The van der Waals surface area contributed by atoms with Crippen molar-refractivity contribution in [2.45, 2.75) is 24.9 Å². The summed E-state index contributed by atoms with van der Waals surface area (Å²) in [6, 6.07) is 10.1. The van der Waals surface area contributed by atoms with Crippen LogP contribution in [0.5, 0.6) is 0 Å². The van der Waals surface area contributed by atoms with Crippen molar-refractivity contribution in [2.24, 2.45) is 0 Å². The molecule has 84 valence electrons. The first-order chi connectivity index (χ1) is 7.93. The fourth-order valence-electron chi connectivity index (χ4n) is 2.07. The van der Waals surface area contributed by atoms with Crippen molar-refractivity contribution in [3.05, 3.63) is 48.2 Å². The summed E-state index contributed by atoms with van der Waals surface area (Å²) in [7, 11) is 0. The van der Waals surface area contributed by atoms with Gasteiger partial charge in [0.1, 0.15) is 12.2 Å². The maximum Gasteiger partial charge on any atom is 0.156 e. The maximum atomic E-state index is 5.81. The SMILES string of the molecule is C1=C[C@H]2OC[C@@H](OCc3ccccc3)[C@H]2O1. The molecule has 3 heteroatoms. The van der Waals surface area contributed by atoms with Gasteiger partial charge in [0.25, 0.3) is 0 Å². The Kier molecular flexibility index (Phi) is 2.64. The molecule has 0 aromatic heterocycles. The van der Waals surface area contributed by atoms with E-state index < -0.39 is 0 Å². The molecule has 3 atom stereocenters. The van der Waals surface area contributed by atoms with Crippen LogP contribution in [0.1, 0.15) is 5.56 Å². The molecule has 0 spiro atoms. The van der Waals surface area contributed by atoms with Crippen LogP contribution in [0, 0.1) is 0 Å².